The molecule has 2 aliphatic heterocycles. The summed E-state index contributed by atoms with van der Waals surface area (Å²) < 4.78 is 85.6. The van der Waals surface area contributed by atoms with E-state index in [2.05, 4.69) is 10.6 Å². The van der Waals surface area contributed by atoms with Gasteiger partial charge in [-0.3, -0.25) is 4.79 Å². The zero-order valence-corrected chi connectivity index (χ0v) is 19.0. The van der Waals surface area contributed by atoms with Gasteiger partial charge in [0.1, 0.15) is 0 Å². The first-order chi connectivity index (χ1) is 16.3. The van der Waals surface area contributed by atoms with Gasteiger partial charge in [0.05, 0.1) is 34.9 Å². The number of hydrogen-bond donors (Lipinski definition) is 2. The van der Waals surface area contributed by atoms with Crippen LogP contribution < -0.4 is 10.6 Å². The maximum atomic E-state index is 13.3. The van der Waals surface area contributed by atoms with Crippen LogP contribution in [-0.4, -0.2) is 24.6 Å². The quantitative estimate of drug-likeness (QED) is 0.516. The van der Waals surface area contributed by atoms with Gasteiger partial charge in [0, 0.05) is 13.0 Å². The number of benzene rings is 2. The smallest absolute Gasteiger partial charge is 0.372 e. The van der Waals surface area contributed by atoms with E-state index in [1.165, 1.54) is 6.92 Å². The van der Waals surface area contributed by atoms with Crippen molar-refractivity contribution in [2.45, 2.75) is 62.1 Å². The number of piperidine rings is 1. The Morgan fingerprint density at radius 2 is 1.57 bits per heavy atom. The van der Waals surface area contributed by atoms with Crippen LogP contribution in [0.2, 0.25) is 0 Å². The van der Waals surface area contributed by atoms with Gasteiger partial charge in [0.15, 0.2) is 0 Å². The number of alkyl halides is 6. The summed E-state index contributed by atoms with van der Waals surface area (Å²) >= 11 is 0. The molecule has 0 bridgehead atoms. The van der Waals surface area contributed by atoms with Crippen molar-refractivity contribution in [1.29, 1.82) is 0 Å². The molecule has 2 aromatic carbocycles. The number of amides is 1. The van der Waals surface area contributed by atoms with Gasteiger partial charge in [-0.1, -0.05) is 30.3 Å². The van der Waals surface area contributed by atoms with E-state index in [4.69, 9.17) is 4.74 Å². The van der Waals surface area contributed by atoms with Gasteiger partial charge >= 0.3 is 12.4 Å². The average molecular weight is 500 g/mol. The molecule has 2 aromatic rings. The highest BCUT2D eigenvalue weighted by Crippen LogP contribution is 2.40. The highest BCUT2D eigenvalue weighted by molar-refractivity contribution is 5.79. The van der Waals surface area contributed by atoms with Crippen molar-refractivity contribution in [3.05, 3.63) is 70.8 Å². The minimum atomic E-state index is -4.92. The summed E-state index contributed by atoms with van der Waals surface area (Å²) in [6, 6.07) is 10.9. The van der Waals surface area contributed by atoms with Gasteiger partial charge in [0.2, 0.25) is 5.91 Å². The molecule has 3 atom stereocenters. The van der Waals surface area contributed by atoms with E-state index in [-0.39, 0.29) is 29.7 Å². The van der Waals surface area contributed by atoms with E-state index in [1.54, 1.807) is 0 Å². The van der Waals surface area contributed by atoms with Crippen LogP contribution in [0, 0.1) is 0 Å². The van der Waals surface area contributed by atoms with Crippen LogP contribution in [0.5, 0.6) is 0 Å². The molecule has 0 radical (unpaired) electrons. The Hall–Kier alpha value is -2.59. The highest BCUT2D eigenvalue weighted by atomic mass is 19.4. The molecule has 2 saturated heterocycles. The van der Waals surface area contributed by atoms with Crippen LogP contribution in [0.4, 0.5) is 26.3 Å². The molecule has 190 valence electrons. The average Bonchev–Trinajstić information content (AvgIpc) is 3.18. The second-order valence-electron chi connectivity index (χ2n) is 9.42. The Morgan fingerprint density at radius 3 is 2.06 bits per heavy atom. The third kappa shape index (κ3) is 5.48. The van der Waals surface area contributed by atoms with Crippen LogP contribution in [-0.2, 0) is 27.4 Å². The summed E-state index contributed by atoms with van der Waals surface area (Å²) in [6.07, 6.45) is -8.49. The predicted octanol–water partition coefficient (Wildman–Crippen LogP) is 5.73. The van der Waals surface area contributed by atoms with Crippen molar-refractivity contribution < 1.29 is 35.9 Å². The molecular formula is C25H26F6N2O2. The number of carbonyl (C=O) groups excluding carboxylic acids is 1. The largest absolute Gasteiger partial charge is 0.416 e. The standard InChI is InChI=1S/C25H26F6N2O2/c1-16(17-11-19(24(26,27)28)13-20(12-17)25(29,30)31)35-15-23(18-5-3-2-4-6-18)10-9-22(14-32-23)8-7-21(34)33-22/h2-6,11-13,16,32H,7-10,14-15H2,1H3,(H,33,34)/t16-,22-,23+/m0/s1. The lowest BCUT2D eigenvalue weighted by Crippen LogP contribution is -2.61. The van der Waals surface area contributed by atoms with E-state index in [0.29, 0.717) is 44.4 Å². The summed E-state index contributed by atoms with van der Waals surface area (Å²) in [4.78, 5) is 11.8. The molecule has 1 amide bonds. The topological polar surface area (TPSA) is 50.4 Å². The Labute approximate surface area is 199 Å². The number of ether oxygens (including phenoxy) is 1. The molecule has 2 heterocycles. The number of hydrogen-bond acceptors (Lipinski definition) is 3. The molecule has 0 aliphatic carbocycles. The lowest BCUT2D eigenvalue weighted by atomic mass is 9.76. The van der Waals surface area contributed by atoms with Gasteiger partial charge < -0.3 is 15.4 Å². The minimum Gasteiger partial charge on any atom is -0.372 e. The number of carbonyl (C=O) groups is 1. The molecule has 0 aromatic heterocycles. The number of halogens is 6. The summed E-state index contributed by atoms with van der Waals surface area (Å²) in [7, 11) is 0. The first kappa shape index (κ1) is 25.5. The van der Waals surface area contributed by atoms with Crippen LogP contribution >= 0.6 is 0 Å². The van der Waals surface area contributed by atoms with Gasteiger partial charge in [-0.15, -0.1) is 0 Å². The van der Waals surface area contributed by atoms with Gasteiger partial charge in [-0.25, -0.2) is 0 Å². The molecule has 0 unspecified atom stereocenters. The lowest BCUT2D eigenvalue weighted by Gasteiger charge is -2.46. The fourth-order valence-electron chi connectivity index (χ4n) is 4.85. The molecule has 4 rings (SSSR count). The first-order valence-electron chi connectivity index (χ1n) is 11.3. The van der Waals surface area contributed by atoms with Gasteiger partial charge in [0.25, 0.3) is 0 Å². The molecule has 0 saturated carbocycles. The summed E-state index contributed by atoms with van der Waals surface area (Å²) in [5.74, 6) is -0.00565. The fraction of sp³-hybridized carbons (Fsp3) is 0.480. The van der Waals surface area contributed by atoms with Crippen molar-refractivity contribution in [2.75, 3.05) is 13.2 Å². The predicted molar refractivity (Wildman–Crippen MR) is 116 cm³/mol. The van der Waals surface area contributed by atoms with E-state index in [0.717, 1.165) is 5.56 Å². The van der Waals surface area contributed by atoms with Crippen molar-refractivity contribution in [3.63, 3.8) is 0 Å². The third-order valence-electron chi connectivity index (χ3n) is 7.02. The van der Waals surface area contributed by atoms with E-state index < -0.39 is 35.1 Å². The van der Waals surface area contributed by atoms with Crippen LogP contribution in [0.25, 0.3) is 0 Å². The third-order valence-corrected chi connectivity index (χ3v) is 7.02. The second kappa shape index (κ2) is 9.13. The highest BCUT2D eigenvalue weighted by Gasteiger charge is 2.47. The van der Waals surface area contributed by atoms with Crippen molar-refractivity contribution in [1.82, 2.24) is 10.6 Å². The summed E-state index contributed by atoms with van der Waals surface area (Å²) in [5, 5.41) is 6.52. The van der Waals surface area contributed by atoms with Crippen LogP contribution in [0.3, 0.4) is 0 Å². The van der Waals surface area contributed by atoms with Gasteiger partial charge in [-0.05, 0) is 55.5 Å². The molecule has 1 spiro atoms. The molecule has 35 heavy (non-hydrogen) atoms. The zero-order chi connectivity index (χ0) is 25.5. The number of rotatable bonds is 5. The summed E-state index contributed by atoms with van der Waals surface area (Å²) in [5.41, 5.74) is -3.11. The van der Waals surface area contributed by atoms with E-state index in [1.807, 2.05) is 30.3 Å². The van der Waals surface area contributed by atoms with Crippen molar-refractivity contribution in [2.24, 2.45) is 0 Å². The molecule has 4 nitrogen and oxygen atoms in total. The lowest BCUT2D eigenvalue weighted by molar-refractivity contribution is -0.143. The molecule has 2 N–H and O–H groups in total. The number of nitrogens with one attached hydrogen (secondary N) is 2. The molecular weight excluding hydrogens is 474 g/mol. The monoisotopic (exact) mass is 500 g/mol. The zero-order valence-electron chi connectivity index (χ0n) is 19.0. The Balaban J connectivity index is 1.58. The normalized spacial score (nSPS) is 26.1. The Morgan fingerprint density at radius 1 is 0.943 bits per heavy atom. The van der Waals surface area contributed by atoms with Crippen LogP contribution in [0.1, 0.15) is 61.0 Å². The maximum absolute atomic E-state index is 13.3. The Bertz CT molecular complexity index is 1030. The van der Waals surface area contributed by atoms with Crippen molar-refractivity contribution >= 4 is 5.91 Å². The minimum absolute atomic E-state index is 0.00565. The van der Waals surface area contributed by atoms with Crippen molar-refractivity contribution in [3.8, 4) is 0 Å². The second-order valence-corrected chi connectivity index (χ2v) is 9.42. The van der Waals surface area contributed by atoms with Gasteiger partial charge in [-0.2, -0.15) is 26.3 Å². The molecule has 10 heteroatoms. The van der Waals surface area contributed by atoms with E-state index in [9.17, 15) is 31.1 Å². The Kier molecular flexibility index (Phi) is 6.65. The SMILES string of the molecule is C[C@H](OC[C@@]1(c2ccccc2)CC[C@@]2(CCC(=O)N2)CN1)c1cc(C(F)(F)F)cc(C(F)(F)F)c1. The van der Waals surface area contributed by atoms with E-state index >= 15 is 0 Å². The maximum Gasteiger partial charge on any atom is 0.416 e. The molecule has 2 aliphatic rings. The molecule has 2 fully saturated rings. The van der Waals surface area contributed by atoms with Crippen LogP contribution in [0.15, 0.2) is 48.5 Å². The first-order valence-corrected chi connectivity index (χ1v) is 11.3. The summed E-state index contributed by atoms with van der Waals surface area (Å²) in [6.45, 7) is 1.95. The fourth-order valence-corrected chi connectivity index (χ4v) is 4.85.